The van der Waals surface area contributed by atoms with Crippen molar-refractivity contribution in [2.45, 2.75) is 26.9 Å². The maximum atomic E-state index is 13.1. The van der Waals surface area contributed by atoms with Crippen molar-refractivity contribution < 1.29 is 8.81 Å². The van der Waals surface area contributed by atoms with E-state index in [1.165, 1.54) is 12.1 Å². The number of hydrogen-bond donors (Lipinski definition) is 1. The molecule has 1 aromatic heterocycles. The second-order valence-corrected chi connectivity index (χ2v) is 4.57. The molecule has 1 N–H and O–H groups in total. The molecule has 0 aliphatic carbocycles. The number of rotatable bonds is 4. The molecule has 2 aromatic rings. The van der Waals surface area contributed by atoms with Crippen molar-refractivity contribution in [2.24, 2.45) is 0 Å². The van der Waals surface area contributed by atoms with Crippen molar-refractivity contribution >= 4 is 11.6 Å². The number of nitrogens with zero attached hydrogens (tertiary/aromatic N) is 1. The third-order valence-corrected chi connectivity index (χ3v) is 2.82. The van der Waals surface area contributed by atoms with E-state index in [1.807, 2.05) is 13.8 Å². The van der Waals surface area contributed by atoms with Gasteiger partial charge in [-0.15, -0.1) is 0 Å². The molecule has 0 unspecified atom stereocenters. The van der Waals surface area contributed by atoms with Gasteiger partial charge in [-0.1, -0.05) is 11.6 Å². The van der Waals surface area contributed by atoms with Gasteiger partial charge in [0, 0.05) is 11.6 Å². The molecule has 0 radical (unpaired) electrons. The number of oxazole rings is 1. The van der Waals surface area contributed by atoms with E-state index >= 15 is 0 Å². The first-order valence-corrected chi connectivity index (χ1v) is 6.01. The Balaban J connectivity index is 1.92. The van der Waals surface area contributed by atoms with Crippen molar-refractivity contribution in [3.05, 3.63) is 51.9 Å². The Bertz CT molecular complexity index is 514. The lowest BCUT2D eigenvalue weighted by Crippen LogP contribution is -2.13. The monoisotopic (exact) mass is 268 g/mol. The molecule has 18 heavy (non-hydrogen) atoms. The topological polar surface area (TPSA) is 38.1 Å². The molecule has 0 bridgehead atoms. The summed E-state index contributed by atoms with van der Waals surface area (Å²) >= 11 is 5.77. The smallest absolute Gasteiger partial charge is 0.208 e. The number of aromatic nitrogens is 1. The highest BCUT2D eigenvalue weighted by molar-refractivity contribution is 6.30. The molecular formula is C13H14ClFN2O. The third-order valence-electron chi connectivity index (χ3n) is 2.60. The fourth-order valence-corrected chi connectivity index (χ4v) is 1.89. The zero-order chi connectivity index (χ0) is 13.1. The van der Waals surface area contributed by atoms with E-state index in [4.69, 9.17) is 16.0 Å². The van der Waals surface area contributed by atoms with Crippen LogP contribution in [0.3, 0.4) is 0 Å². The maximum absolute atomic E-state index is 13.1. The zero-order valence-corrected chi connectivity index (χ0v) is 11.0. The third kappa shape index (κ3) is 3.31. The van der Waals surface area contributed by atoms with E-state index in [-0.39, 0.29) is 5.82 Å². The molecule has 0 amide bonds. The van der Waals surface area contributed by atoms with Crippen LogP contribution < -0.4 is 5.32 Å². The van der Waals surface area contributed by atoms with Crippen molar-refractivity contribution in [3.8, 4) is 0 Å². The lowest BCUT2D eigenvalue weighted by atomic mass is 10.2. The zero-order valence-electron chi connectivity index (χ0n) is 10.3. The Morgan fingerprint density at radius 3 is 2.67 bits per heavy atom. The van der Waals surface area contributed by atoms with Crippen molar-refractivity contribution in [1.29, 1.82) is 0 Å². The molecule has 2 rings (SSSR count). The van der Waals surface area contributed by atoms with Crippen LogP contribution in [0.1, 0.15) is 22.9 Å². The molecule has 1 aromatic carbocycles. The van der Waals surface area contributed by atoms with Crippen LogP contribution >= 0.6 is 11.6 Å². The minimum Gasteiger partial charge on any atom is -0.444 e. The van der Waals surface area contributed by atoms with E-state index in [0.717, 1.165) is 17.0 Å². The van der Waals surface area contributed by atoms with Crippen molar-refractivity contribution in [3.63, 3.8) is 0 Å². The molecule has 0 fully saturated rings. The molecule has 0 spiro atoms. The summed E-state index contributed by atoms with van der Waals surface area (Å²) in [6.07, 6.45) is 0. The lowest BCUT2D eigenvalue weighted by Gasteiger charge is -2.03. The number of benzene rings is 1. The Morgan fingerprint density at radius 2 is 2.06 bits per heavy atom. The minimum atomic E-state index is -0.331. The molecule has 3 nitrogen and oxygen atoms in total. The van der Waals surface area contributed by atoms with E-state index in [1.54, 1.807) is 6.07 Å². The average molecular weight is 269 g/mol. The summed E-state index contributed by atoms with van der Waals surface area (Å²) in [6.45, 7) is 4.79. The Hall–Kier alpha value is -1.39. The van der Waals surface area contributed by atoms with Crippen molar-refractivity contribution in [1.82, 2.24) is 10.3 Å². The predicted octanol–water partition coefficient (Wildman–Crippen LogP) is 3.37. The van der Waals surface area contributed by atoms with E-state index in [9.17, 15) is 4.39 Å². The van der Waals surface area contributed by atoms with Crippen LogP contribution in [0, 0.1) is 19.7 Å². The largest absolute Gasteiger partial charge is 0.444 e. The summed E-state index contributed by atoms with van der Waals surface area (Å²) < 4.78 is 18.5. The molecule has 5 heteroatoms. The van der Waals surface area contributed by atoms with Gasteiger partial charge < -0.3 is 9.73 Å². The normalized spacial score (nSPS) is 10.9. The fourth-order valence-electron chi connectivity index (χ4n) is 1.64. The van der Waals surface area contributed by atoms with E-state index in [2.05, 4.69) is 10.3 Å². The fraction of sp³-hybridized carbons (Fsp3) is 0.308. The van der Waals surface area contributed by atoms with Gasteiger partial charge in [-0.05, 0) is 37.6 Å². The molecule has 0 aliphatic rings. The first kappa shape index (κ1) is 13.1. The molecular weight excluding hydrogens is 255 g/mol. The highest BCUT2D eigenvalue weighted by Crippen LogP contribution is 2.14. The van der Waals surface area contributed by atoms with Gasteiger partial charge in [0.25, 0.3) is 0 Å². The Labute approximate surface area is 110 Å². The summed E-state index contributed by atoms with van der Waals surface area (Å²) in [5, 5.41) is 3.53. The Morgan fingerprint density at radius 1 is 1.28 bits per heavy atom. The van der Waals surface area contributed by atoms with Gasteiger partial charge in [-0.3, -0.25) is 0 Å². The van der Waals surface area contributed by atoms with Gasteiger partial charge in [-0.2, -0.15) is 0 Å². The van der Waals surface area contributed by atoms with Crippen LogP contribution in [0.25, 0.3) is 0 Å². The lowest BCUT2D eigenvalue weighted by molar-refractivity contribution is 0.448. The van der Waals surface area contributed by atoms with Crippen LogP contribution in [-0.4, -0.2) is 4.98 Å². The summed E-state index contributed by atoms with van der Waals surface area (Å²) in [5.41, 5.74) is 1.68. The summed E-state index contributed by atoms with van der Waals surface area (Å²) in [6, 6.07) is 4.46. The summed E-state index contributed by atoms with van der Waals surface area (Å²) in [4.78, 5) is 4.25. The van der Waals surface area contributed by atoms with Crippen LogP contribution in [-0.2, 0) is 13.1 Å². The van der Waals surface area contributed by atoms with Crippen molar-refractivity contribution in [2.75, 3.05) is 0 Å². The van der Waals surface area contributed by atoms with Gasteiger partial charge in [0.15, 0.2) is 0 Å². The maximum Gasteiger partial charge on any atom is 0.208 e. The van der Waals surface area contributed by atoms with Gasteiger partial charge in [-0.25, -0.2) is 9.37 Å². The molecule has 0 saturated carbocycles. The first-order chi connectivity index (χ1) is 8.54. The second kappa shape index (κ2) is 5.50. The van der Waals surface area contributed by atoms with Crippen LogP contribution in [0.15, 0.2) is 22.6 Å². The van der Waals surface area contributed by atoms with Crippen LogP contribution in [0.4, 0.5) is 4.39 Å². The highest BCUT2D eigenvalue weighted by atomic mass is 35.5. The number of nitrogens with one attached hydrogen (secondary N) is 1. The second-order valence-electron chi connectivity index (χ2n) is 4.13. The van der Waals surface area contributed by atoms with E-state index in [0.29, 0.717) is 24.0 Å². The quantitative estimate of drug-likeness (QED) is 0.924. The Kier molecular flexibility index (Phi) is 3.99. The van der Waals surface area contributed by atoms with Crippen LogP contribution in [0.2, 0.25) is 5.02 Å². The molecule has 0 saturated heterocycles. The minimum absolute atomic E-state index is 0.331. The summed E-state index contributed by atoms with van der Waals surface area (Å²) in [7, 11) is 0. The van der Waals surface area contributed by atoms with Gasteiger partial charge in [0.1, 0.15) is 11.6 Å². The predicted molar refractivity (Wildman–Crippen MR) is 67.9 cm³/mol. The standard InChI is InChI=1S/C13H14ClFN2O/c1-8-9(2)18-13(17-8)7-16-6-10-3-11(14)5-12(15)4-10/h3-5,16H,6-7H2,1-2H3. The first-order valence-electron chi connectivity index (χ1n) is 5.63. The molecule has 1 heterocycles. The highest BCUT2D eigenvalue weighted by Gasteiger charge is 2.05. The van der Waals surface area contributed by atoms with Gasteiger partial charge >= 0.3 is 0 Å². The van der Waals surface area contributed by atoms with Crippen LogP contribution in [0.5, 0.6) is 0 Å². The van der Waals surface area contributed by atoms with E-state index < -0.39 is 0 Å². The molecule has 0 atom stereocenters. The molecule has 96 valence electrons. The van der Waals surface area contributed by atoms with Gasteiger partial charge in [0.2, 0.25) is 5.89 Å². The number of hydrogen-bond acceptors (Lipinski definition) is 3. The summed E-state index contributed by atoms with van der Waals surface area (Å²) in [5.74, 6) is 1.12. The molecule has 0 aliphatic heterocycles. The average Bonchev–Trinajstić information content (AvgIpc) is 2.57. The number of aryl methyl sites for hydroxylation is 2. The SMILES string of the molecule is Cc1nc(CNCc2cc(F)cc(Cl)c2)oc1C. The number of halogens is 2. The van der Waals surface area contributed by atoms with Gasteiger partial charge in [0.05, 0.1) is 12.2 Å².